The Kier molecular flexibility index (Phi) is 5.23. The Labute approximate surface area is 166 Å². The number of amides is 4. The van der Waals surface area contributed by atoms with Crippen LogP contribution in [0.5, 0.6) is 0 Å². The number of rotatable bonds is 6. The lowest BCUT2D eigenvalue weighted by Crippen LogP contribution is -2.52. The van der Waals surface area contributed by atoms with Gasteiger partial charge in [0.25, 0.3) is 0 Å². The third-order valence-corrected chi connectivity index (χ3v) is 12.4. The normalized spacial score (nSPS) is 21.9. The molecule has 13 nitrogen and oxygen atoms in total. The van der Waals surface area contributed by atoms with Gasteiger partial charge in [0.05, 0.1) is 0 Å². The van der Waals surface area contributed by atoms with Crippen LogP contribution in [0.4, 0.5) is 0 Å². The molecule has 0 aromatic rings. The van der Waals surface area contributed by atoms with Gasteiger partial charge in [0.15, 0.2) is 0 Å². The van der Waals surface area contributed by atoms with E-state index in [1.807, 2.05) is 0 Å². The van der Waals surface area contributed by atoms with Crippen molar-refractivity contribution in [2.24, 2.45) is 0 Å². The molecule has 0 radical (unpaired) electrons. The van der Waals surface area contributed by atoms with Crippen LogP contribution in [-0.2, 0) is 49.2 Å². The van der Waals surface area contributed by atoms with Gasteiger partial charge in [0.2, 0.25) is 23.6 Å². The van der Waals surface area contributed by atoms with Crippen molar-refractivity contribution in [3.05, 3.63) is 3.91 Å². The third kappa shape index (κ3) is 3.31. The van der Waals surface area contributed by atoms with E-state index in [0.717, 1.165) is 0 Å². The molecule has 0 saturated carbocycles. The minimum absolute atomic E-state index is 0.0235. The number of hydrogen-bond acceptors (Lipinski definition) is 10. The van der Waals surface area contributed by atoms with Gasteiger partial charge in [-0.25, -0.2) is 25.3 Å². The highest BCUT2D eigenvalue weighted by Crippen LogP contribution is 2.38. The predicted molar refractivity (Wildman–Crippen MR) is 93.0 cm³/mol. The third-order valence-electron chi connectivity index (χ3n) is 4.52. The molecule has 3 heterocycles. The number of nitrogens with zero attached hydrogens (tertiary/aromatic N) is 3. The fourth-order valence-corrected chi connectivity index (χ4v) is 10.6. The highest BCUT2D eigenvalue weighted by Gasteiger charge is 2.51. The zero-order valence-corrected chi connectivity index (χ0v) is 17.3. The van der Waals surface area contributed by atoms with Crippen molar-refractivity contribution in [1.29, 1.82) is 0 Å². The molecule has 0 aliphatic carbocycles. The molecule has 3 aliphatic heterocycles. The summed E-state index contributed by atoms with van der Waals surface area (Å²) in [6.07, 6.45) is -1.60. The molecule has 162 valence electrons. The quantitative estimate of drug-likeness (QED) is 0.306. The molecule has 0 atom stereocenters. The van der Waals surface area contributed by atoms with E-state index in [-0.39, 0.29) is 34.3 Å². The topological polar surface area (TPSA) is 180 Å². The van der Waals surface area contributed by atoms with Gasteiger partial charge in [-0.1, -0.05) is 0 Å². The summed E-state index contributed by atoms with van der Waals surface area (Å²) >= 11 is 0. The van der Waals surface area contributed by atoms with Crippen LogP contribution in [0, 0.1) is 3.91 Å². The molecule has 3 fully saturated rings. The number of sulfonamides is 3. The molecule has 3 rings (SSSR count). The lowest BCUT2D eigenvalue weighted by molar-refractivity contribution is -0.132. The van der Waals surface area contributed by atoms with E-state index in [2.05, 4.69) is 0 Å². The number of hydrogen-bond donors (Lipinski definition) is 0. The summed E-state index contributed by atoms with van der Waals surface area (Å²) in [5.41, 5.74) is 0. The summed E-state index contributed by atoms with van der Waals surface area (Å²) in [6.45, 7) is -0.961. The van der Waals surface area contributed by atoms with Crippen LogP contribution in [0.25, 0.3) is 0 Å². The molecule has 0 aromatic heterocycles. The summed E-state index contributed by atoms with van der Waals surface area (Å²) in [7, 11) is -16.8. The maximum Gasteiger partial charge on any atom is 0.241 e. The monoisotopic (exact) mass is 470 g/mol. The second-order valence-electron chi connectivity index (χ2n) is 6.46. The van der Waals surface area contributed by atoms with Crippen molar-refractivity contribution in [1.82, 2.24) is 12.9 Å². The Morgan fingerprint density at radius 1 is 0.552 bits per heavy atom. The van der Waals surface area contributed by atoms with Gasteiger partial charge >= 0.3 is 0 Å². The molecule has 0 bridgehead atoms. The molecule has 0 N–H and O–H groups in total. The summed E-state index contributed by atoms with van der Waals surface area (Å²) in [5.74, 6) is -4.70. The van der Waals surface area contributed by atoms with E-state index in [1.54, 1.807) is 0 Å². The molecular formula is C13H16N3O10S3-. The molecule has 29 heavy (non-hydrogen) atoms. The number of imide groups is 1. The van der Waals surface area contributed by atoms with Gasteiger partial charge in [0.1, 0.15) is 34.0 Å². The van der Waals surface area contributed by atoms with Crippen LogP contribution < -0.4 is 0 Å². The van der Waals surface area contributed by atoms with E-state index in [1.165, 1.54) is 0 Å². The zero-order chi connectivity index (χ0) is 21.8. The molecule has 4 amide bonds. The van der Waals surface area contributed by atoms with Crippen molar-refractivity contribution >= 4 is 53.7 Å². The lowest BCUT2D eigenvalue weighted by Gasteiger charge is -2.38. The Morgan fingerprint density at radius 2 is 0.931 bits per heavy atom. The average molecular weight is 470 g/mol. The standard InChI is InChI=1S/C13H16N3O10S3/c17-9-3-1-7-14(9)27(21,22)13(28(23,24)15-8-2-4-10(15)18)29(25,26)16-11(19)5-6-12(16)20/h1-8H2/q-1. The van der Waals surface area contributed by atoms with Crippen LogP contribution in [0.2, 0.25) is 0 Å². The number of carbonyl (C=O) groups is 4. The van der Waals surface area contributed by atoms with E-state index >= 15 is 0 Å². The van der Waals surface area contributed by atoms with Crippen LogP contribution in [0.3, 0.4) is 0 Å². The second kappa shape index (κ2) is 7.02. The Bertz CT molecular complexity index is 1040. The van der Waals surface area contributed by atoms with Crippen LogP contribution in [0.1, 0.15) is 38.5 Å². The van der Waals surface area contributed by atoms with Crippen LogP contribution >= 0.6 is 0 Å². The lowest BCUT2D eigenvalue weighted by atomic mass is 10.4. The average Bonchev–Trinajstić information content (AvgIpc) is 3.27. The van der Waals surface area contributed by atoms with E-state index in [4.69, 9.17) is 0 Å². The van der Waals surface area contributed by atoms with E-state index in [9.17, 15) is 44.4 Å². The van der Waals surface area contributed by atoms with Crippen molar-refractivity contribution in [3.63, 3.8) is 0 Å². The number of carbonyl (C=O) groups excluding carboxylic acids is 4. The van der Waals surface area contributed by atoms with E-state index < -0.39 is 87.8 Å². The molecular weight excluding hydrogens is 454 g/mol. The van der Waals surface area contributed by atoms with Gasteiger partial charge in [0, 0.05) is 38.8 Å². The first-order chi connectivity index (χ1) is 13.3. The maximum atomic E-state index is 13.0. The molecule has 0 aromatic carbocycles. The molecule has 16 heteroatoms. The van der Waals surface area contributed by atoms with Crippen LogP contribution in [0.15, 0.2) is 0 Å². The van der Waals surface area contributed by atoms with Crippen molar-refractivity contribution < 1.29 is 44.4 Å². The molecule has 3 aliphatic rings. The Morgan fingerprint density at radius 3 is 1.24 bits per heavy atom. The minimum Gasteiger partial charge on any atom is -0.274 e. The highest BCUT2D eigenvalue weighted by molar-refractivity contribution is 8.27. The van der Waals surface area contributed by atoms with Crippen LogP contribution in [-0.4, -0.2) is 74.9 Å². The van der Waals surface area contributed by atoms with Gasteiger partial charge in [-0.15, -0.1) is 0 Å². The fraction of sp³-hybridized carbons (Fsp3) is 0.615. The first kappa shape index (κ1) is 21.6. The largest absolute Gasteiger partial charge is 0.274 e. The van der Waals surface area contributed by atoms with Crippen molar-refractivity contribution in [3.8, 4) is 0 Å². The Hall–Kier alpha value is -2.07. The summed E-state index contributed by atoms with van der Waals surface area (Å²) in [6, 6.07) is 0. The maximum absolute atomic E-state index is 13.0. The summed E-state index contributed by atoms with van der Waals surface area (Å²) in [5, 5.41) is 0. The molecule has 0 unspecified atom stereocenters. The highest BCUT2D eigenvalue weighted by atomic mass is 32.3. The smallest absolute Gasteiger partial charge is 0.241 e. The Balaban J connectivity index is 2.22. The molecule has 3 saturated heterocycles. The van der Waals surface area contributed by atoms with Gasteiger partial charge in [-0.2, -0.15) is 4.31 Å². The minimum atomic E-state index is -5.75. The summed E-state index contributed by atoms with van der Waals surface area (Å²) < 4.78 is 75.4. The van der Waals surface area contributed by atoms with Crippen molar-refractivity contribution in [2.75, 3.05) is 13.1 Å². The van der Waals surface area contributed by atoms with Gasteiger partial charge < -0.3 is 0 Å². The van der Waals surface area contributed by atoms with Crippen molar-refractivity contribution in [2.45, 2.75) is 38.5 Å². The summed E-state index contributed by atoms with van der Waals surface area (Å²) in [4.78, 5) is 47.7. The fourth-order valence-electron chi connectivity index (χ4n) is 3.23. The predicted octanol–water partition coefficient (Wildman–Crippen LogP) is -2.18. The zero-order valence-electron chi connectivity index (χ0n) is 14.8. The van der Waals surface area contributed by atoms with Gasteiger partial charge in [-0.05, 0) is 12.8 Å². The van der Waals surface area contributed by atoms with E-state index in [0.29, 0.717) is 0 Å². The van der Waals surface area contributed by atoms with Gasteiger partial charge in [-0.3, -0.25) is 27.8 Å². The molecule has 0 spiro atoms. The SMILES string of the molecule is O=C1CCCN1S(=O)(=O)[C-](S(=O)(=O)N1CCCC1=O)S(=O)(=O)N1C(=O)CCC1=O. The first-order valence-corrected chi connectivity index (χ1v) is 12.7. The second-order valence-corrected chi connectivity index (χ2v) is 12.6. The first-order valence-electron chi connectivity index (χ1n) is 8.42.